The van der Waals surface area contributed by atoms with E-state index in [4.69, 9.17) is 14.2 Å². The third-order valence-electron chi connectivity index (χ3n) is 4.41. The van der Waals surface area contributed by atoms with Crippen molar-refractivity contribution >= 4 is 0 Å². The van der Waals surface area contributed by atoms with Gasteiger partial charge < -0.3 is 19.1 Å². The quantitative estimate of drug-likeness (QED) is 0.722. The van der Waals surface area contributed by atoms with Gasteiger partial charge in [-0.2, -0.15) is 0 Å². The zero-order chi connectivity index (χ0) is 15.3. The van der Waals surface area contributed by atoms with Crippen LogP contribution < -0.4 is 9.47 Å². The lowest BCUT2D eigenvalue weighted by molar-refractivity contribution is -0.0838. The summed E-state index contributed by atoms with van der Waals surface area (Å²) in [5.41, 5.74) is 0. The van der Waals surface area contributed by atoms with E-state index >= 15 is 0 Å². The maximum atomic E-state index is 5.89. The number of nitrogens with zero attached hydrogens (tertiary/aromatic N) is 1. The van der Waals surface area contributed by atoms with Crippen LogP contribution in [0.5, 0.6) is 11.5 Å². The number of ether oxygens (including phenoxy) is 3. The van der Waals surface area contributed by atoms with E-state index < -0.39 is 5.79 Å². The third-order valence-corrected chi connectivity index (χ3v) is 4.41. The second-order valence-corrected chi connectivity index (χ2v) is 6.40. The highest BCUT2D eigenvalue weighted by Crippen LogP contribution is 2.40. The molecule has 1 aromatic rings. The van der Waals surface area contributed by atoms with Gasteiger partial charge in [0.2, 0.25) is 0 Å². The second kappa shape index (κ2) is 7.34. The van der Waals surface area contributed by atoms with E-state index in [2.05, 4.69) is 4.90 Å². The maximum Gasteiger partial charge on any atom is 0.251 e. The van der Waals surface area contributed by atoms with Crippen LogP contribution in [0.15, 0.2) is 24.3 Å². The molecule has 0 unspecified atom stereocenters. The minimum Gasteiger partial charge on any atom is -0.449 e. The number of para-hydroxylation sites is 2. The highest BCUT2D eigenvalue weighted by atomic mass is 16.7. The van der Waals surface area contributed by atoms with Gasteiger partial charge in [0.25, 0.3) is 5.79 Å². The molecular weight excluding hydrogens is 278 g/mol. The molecule has 4 heteroatoms. The van der Waals surface area contributed by atoms with Crippen LogP contribution in [0, 0.1) is 0 Å². The van der Waals surface area contributed by atoms with Gasteiger partial charge in [-0.25, -0.2) is 0 Å². The molecule has 0 atom stereocenters. The van der Waals surface area contributed by atoms with Crippen molar-refractivity contribution in [3.05, 3.63) is 24.3 Å². The zero-order valence-electron chi connectivity index (χ0n) is 13.6. The molecule has 0 aromatic heterocycles. The van der Waals surface area contributed by atoms with E-state index in [1.54, 1.807) is 0 Å². The molecule has 122 valence electrons. The van der Waals surface area contributed by atoms with E-state index in [1.165, 1.54) is 32.4 Å². The second-order valence-electron chi connectivity index (χ2n) is 6.40. The van der Waals surface area contributed by atoms with Gasteiger partial charge in [0.1, 0.15) is 0 Å². The van der Waals surface area contributed by atoms with Gasteiger partial charge in [0, 0.05) is 26.5 Å². The number of fused-ring (bicyclic) bond motifs is 1. The average molecular weight is 305 g/mol. The Bertz CT molecular complexity index is 446. The number of hydrogen-bond acceptors (Lipinski definition) is 4. The Labute approximate surface area is 133 Å². The van der Waals surface area contributed by atoms with Crippen molar-refractivity contribution in [3.63, 3.8) is 0 Å². The molecule has 0 saturated carbocycles. The van der Waals surface area contributed by atoms with Crippen LogP contribution >= 0.6 is 0 Å². The molecule has 0 N–H and O–H groups in total. The highest BCUT2D eigenvalue weighted by molar-refractivity contribution is 5.42. The summed E-state index contributed by atoms with van der Waals surface area (Å²) in [4.78, 5) is 2.55. The summed E-state index contributed by atoms with van der Waals surface area (Å²) < 4.78 is 17.5. The SMILES string of the molecule is CC1(CCOCCCN2CCCCC2)Oc2ccccc2O1. The minimum atomic E-state index is -0.587. The Morgan fingerprint density at radius 2 is 1.73 bits per heavy atom. The summed E-state index contributed by atoms with van der Waals surface area (Å²) in [5.74, 6) is 1.07. The lowest BCUT2D eigenvalue weighted by atomic mass is 10.1. The van der Waals surface area contributed by atoms with Gasteiger partial charge in [-0.1, -0.05) is 18.6 Å². The molecule has 0 spiro atoms. The van der Waals surface area contributed by atoms with Crippen LogP contribution in [0.1, 0.15) is 39.0 Å². The van der Waals surface area contributed by atoms with Crippen LogP contribution in [0.2, 0.25) is 0 Å². The molecule has 4 nitrogen and oxygen atoms in total. The van der Waals surface area contributed by atoms with Crippen molar-refractivity contribution in [2.24, 2.45) is 0 Å². The molecule has 1 aromatic carbocycles. The van der Waals surface area contributed by atoms with Crippen molar-refractivity contribution in [2.75, 3.05) is 32.8 Å². The first-order valence-corrected chi connectivity index (χ1v) is 8.52. The Hall–Kier alpha value is -1.26. The van der Waals surface area contributed by atoms with Crippen LogP contribution in [-0.4, -0.2) is 43.5 Å². The molecule has 0 amide bonds. The van der Waals surface area contributed by atoms with Crippen molar-refractivity contribution in [1.82, 2.24) is 4.90 Å². The zero-order valence-corrected chi connectivity index (χ0v) is 13.6. The van der Waals surface area contributed by atoms with Crippen LogP contribution in [0.3, 0.4) is 0 Å². The minimum absolute atomic E-state index is 0.587. The summed E-state index contributed by atoms with van der Waals surface area (Å²) in [5, 5.41) is 0. The van der Waals surface area contributed by atoms with Crippen LogP contribution in [-0.2, 0) is 4.74 Å². The van der Waals surface area contributed by atoms with Crippen molar-refractivity contribution in [3.8, 4) is 11.5 Å². The van der Waals surface area contributed by atoms with Crippen molar-refractivity contribution < 1.29 is 14.2 Å². The lowest BCUT2D eigenvalue weighted by Gasteiger charge is -2.26. The molecule has 2 aliphatic heterocycles. The van der Waals surface area contributed by atoms with Gasteiger partial charge in [-0.15, -0.1) is 0 Å². The first kappa shape index (κ1) is 15.6. The maximum absolute atomic E-state index is 5.89. The number of benzene rings is 1. The third kappa shape index (κ3) is 4.14. The number of piperidine rings is 1. The van der Waals surface area contributed by atoms with Gasteiger partial charge in [0.05, 0.1) is 6.61 Å². The Morgan fingerprint density at radius 1 is 1.05 bits per heavy atom. The fraction of sp³-hybridized carbons (Fsp3) is 0.667. The van der Waals surface area contributed by atoms with E-state index in [0.29, 0.717) is 6.61 Å². The lowest BCUT2D eigenvalue weighted by Crippen LogP contribution is -2.36. The van der Waals surface area contributed by atoms with E-state index in [1.807, 2.05) is 31.2 Å². The Balaban J connectivity index is 1.29. The predicted molar refractivity (Wildman–Crippen MR) is 86.4 cm³/mol. The molecule has 1 fully saturated rings. The Morgan fingerprint density at radius 3 is 2.41 bits per heavy atom. The van der Waals surface area contributed by atoms with E-state index in [9.17, 15) is 0 Å². The summed E-state index contributed by atoms with van der Waals surface area (Å²) >= 11 is 0. The van der Waals surface area contributed by atoms with Gasteiger partial charge in [-0.05, 0) is 44.5 Å². The monoisotopic (exact) mass is 305 g/mol. The number of likely N-dealkylation sites (tertiary alicyclic amines) is 1. The number of hydrogen-bond donors (Lipinski definition) is 0. The van der Waals surface area contributed by atoms with Gasteiger partial charge >= 0.3 is 0 Å². The summed E-state index contributed by atoms with van der Waals surface area (Å²) in [6, 6.07) is 7.82. The van der Waals surface area contributed by atoms with Crippen molar-refractivity contribution in [2.45, 2.75) is 44.8 Å². The van der Waals surface area contributed by atoms with Crippen LogP contribution in [0.25, 0.3) is 0 Å². The van der Waals surface area contributed by atoms with Gasteiger partial charge in [-0.3, -0.25) is 0 Å². The summed E-state index contributed by atoms with van der Waals surface area (Å²) in [7, 11) is 0. The first-order chi connectivity index (χ1) is 10.8. The summed E-state index contributed by atoms with van der Waals surface area (Å²) in [6.07, 6.45) is 5.96. The molecule has 0 aliphatic carbocycles. The van der Waals surface area contributed by atoms with E-state index in [-0.39, 0.29) is 0 Å². The number of rotatable bonds is 7. The van der Waals surface area contributed by atoms with Gasteiger partial charge in [0.15, 0.2) is 11.5 Å². The molecule has 22 heavy (non-hydrogen) atoms. The normalized spacial score (nSPS) is 20.2. The predicted octanol–water partition coefficient (Wildman–Crippen LogP) is 3.46. The molecular formula is C18H27NO3. The first-order valence-electron chi connectivity index (χ1n) is 8.52. The molecule has 3 rings (SSSR count). The van der Waals surface area contributed by atoms with Crippen molar-refractivity contribution in [1.29, 1.82) is 0 Å². The standard InChI is InChI=1S/C18H27NO3/c1-18(21-16-8-3-4-9-17(16)22-18)10-15-20-14-7-13-19-11-5-2-6-12-19/h3-4,8-9H,2,5-7,10-15H2,1H3. The smallest absolute Gasteiger partial charge is 0.251 e. The average Bonchev–Trinajstić information content (AvgIpc) is 2.88. The molecule has 2 aliphatic rings. The molecule has 0 radical (unpaired) electrons. The largest absolute Gasteiger partial charge is 0.449 e. The fourth-order valence-electron chi connectivity index (χ4n) is 3.14. The molecule has 1 saturated heterocycles. The summed E-state index contributed by atoms with van der Waals surface area (Å²) in [6.45, 7) is 7.15. The highest BCUT2D eigenvalue weighted by Gasteiger charge is 2.36. The van der Waals surface area contributed by atoms with Crippen LogP contribution in [0.4, 0.5) is 0 Å². The van der Waals surface area contributed by atoms with E-state index in [0.717, 1.165) is 37.5 Å². The molecule has 2 heterocycles. The molecule has 0 bridgehead atoms. The fourth-order valence-corrected chi connectivity index (χ4v) is 3.14. The topological polar surface area (TPSA) is 30.9 Å². The Kier molecular flexibility index (Phi) is 5.21.